The molecule has 0 saturated carbocycles. The van der Waals surface area contributed by atoms with Crippen LogP contribution in [0.3, 0.4) is 0 Å². The lowest BCUT2D eigenvalue weighted by Crippen LogP contribution is -2.50. The second kappa shape index (κ2) is 7.45. The highest BCUT2D eigenvalue weighted by Crippen LogP contribution is 2.31. The molecule has 2 N–H and O–H groups in total. The van der Waals surface area contributed by atoms with Crippen LogP contribution in [0.25, 0.3) is 0 Å². The maximum absolute atomic E-state index is 12.8. The molecule has 0 spiro atoms. The van der Waals surface area contributed by atoms with Crippen LogP contribution in [0.4, 0.5) is 5.69 Å². The number of nitrogens with zero attached hydrogens (tertiary/aromatic N) is 1. The van der Waals surface area contributed by atoms with Crippen LogP contribution in [0.5, 0.6) is 0 Å². The van der Waals surface area contributed by atoms with Crippen LogP contribution in [0.1, 0.15) is 30.1 Å². The highest BCUT2D eigenvalue weighted by Gasteiger charge is 2.39. The van der Waals surface area contributed by atoms with Crippen molar-refractivity contribution in [2.24, 2.45) is 5.41 Å². The predicted molar refractivity (Wildman–Crippen MR) is 103 cm³/mol. The van der Waals surface area contributed by atoms with Crippen LogP contribution < -0.4 is 10.7 Å². The van der Waals surface area contributed by atoms with Crippen LogP contribution in [0, 0.1) is 5.41 Å². The molecule has 1 aliphatic rings. The number of carbonyl (C=O) groups excluding carboxylic acids is 2. The Morgan fingerprint density at radius 1 is 1.23 bits per heavy atom. The first-order chi connectivity index (χ1) is 12.4. The minimum absolute atomic E-state index is 0.0790. The number of aromatic amines is 1. The first kappa shape index (κ1) is 18.4. The number of hydrogen-bond acceptors (Lipinski definition) is 3. The van der Waals surface area contributed by atoms with Gasteiger partial charge in [0.05, 0.1) is 9.89 Å². The summed E-state index contributed by atoms with van der Waals surface area (Å²) in [5.41, 5.74) is -0.233. The molecule has 1 atom stereocenters. The van der Waals surface area contributed by atoms with E-state index in [9.17, 15) is 14.4 Å². The molecule has 6 nitrogen and oxygen atoms in total. The van der Waals surface area contributed by atoms with Gasteiger partial charge >= 0.3 is 0 Å². The second-order valence-corrected chi connectivity index (χ2v) is 7.61. The average molecular weight is 418 g/mol. The molecule has 0 radical (unpaired) electrons. The number of piperidine rings is 1. The molecule has 0 unspecified atom stereocenters. The fraction of sp³-hybridized carbons (Fsp3) is 0.316. The molecule has 3 rings (SSSR count). The normalized spacial score (nSPS) is 19.8. The lowest BCUT2D eigenvalue weighted by molar-refractivity contribution is -0.127. The summed E-state index contributed by atoms with van der Waals surface area (Å²) in [6.07, 6.45) is 4.37. The minimum atomic E-state index is -0.753. The molecule has 2 aromatic rings. The van der Waals surface area contributed by atoms with Gasteiger partial charge in [0.15, 0.2) is 0 Å². The van der Waals surface area contributed by atoms with E-state index in [0.29, 0.717) is 29.5 Å². The Morgan fingerprint density at radius 3 is 2.69 bits per heavy atom. The first-order valence-corrected chi connectivity index (χ1v) is 9.22. The molecule has 2 heterocycles. The Bertz CT molecular complexity index is 881. The Labute approximate surface area is 159 Å². The van der Waals surface area contributed by atoms with Gasteiger partial charge in [-0.3, -0.25) is 14.4 Å². The third-order valence-corrected chi connectivity index (χ3v) is 5.29. The number of likely N-dealkylation sites (tertiary alicyclic amines) is 1. The Kier molecular flexibility index (Phi) is 5.27. The third kappa shape index (κ3) is 3.72. The molecule has 1 aliphatic heterocycles. The summed E-state index contributed by atoms with van der Waals surface area (Å²) in [5, 5.41) is 2.71. The lowest BCUT2D eigenvalue weighted by Gasteiger charge is -2.39. The number of nitrogens with one attached hydrogen (secondary N) is 2. The number of benzene rings is 1. The molecule has 2 amide bonds. The maximum Gasteiger partial charge on any atom is 0.253 e. The van der Waals surface area contributed by atoms with Crippen molar-refractivity contribution in [1.82, 2.24) is 9.88 Å². The highest BCUT2D eigenvalue weighted by atomic mass is 79.9. The largest absolute Gasteiger partial charge is 0.365 e. The number of anilines is 1. The number of halogens is 1. The summed E-state index contributed by atoms with van der Waals surface area (Å²) >= 11 is 3.15. The van der Waals surface area contributed by atoms with Gasteiger partial charge in [-0.05, 0) is 47.8 Å². The van der Waals surface area contributed by atoms with Crippen molar-refractivity contribution in [3.8, 4) is 0 Å². The Hall–Kier alpha value is -2.41. The third-order valence-electron chi connectivity index (χ3n) is 4.70. The van der Waals surface area contributed by atoms with Gasteiger partial charge in [-0.2, -0.15) is 0 Å². The number of aromatic nitrogens is 1. The van der Waals surface area contributed by atoms with Crippen molar-refractivity contribution < 1.29 is 9.59 Å². The monoisotopic (exact) mass is 417 g/mol. The first-order valence-electron chi connectivity index (χ1n) is 8.43. The summed E-state index contributed by atoms with van der Waals surface area (Å²) in [6.45, 7) is 2.77. The molecule has 1 aromatic carbocycles. The van der Waals surface area contributed by atoms with Gasteiger partial charge in [0, 0.05) is 31.0 Å². The summed E-state index contributed by atoms with van der Waals surface area (Å²) in [4.78, 5) is 42.2. The zero-order valence-corrected chi connectivity index (χ0v) is 16.0. The molecule has 136 valence electrons. The topological polar surface area (TPSA) is 82.3 Å². The molecule has 26 heavy (non-hydrogen) atoms. The smallest absolute Gasteiger partial charge is 0.253 e. The zero-order chi connectivity index (χ0) is 18.7. The zero-order valence-electron chi connectivity index (χ0n) is 14.4. The van der Waals surface area contributed by atoms with Crippen molar-refractivity contribution in [2.45, 2.75) is 19.8 Å². The van der Waals surface area contributed by atoms with E-state index in [4.69, 9.17) is 0 Å². The van der Waals surface area contributed by atoms with Gasteiger partial charge in [0.2, 0.25) is 11.3 Å². The predicted octanol–water partition coefficient (Wildman–Crippen LogP) is 3.02. The summed E-state index contributed by atoms with van der Waals surface area (Å²) in [6, 6.07) is 9.05. The van der Waals surface area contributed by atoms with E-state index < -0.39 is 5.41 Å². The molecule has 0 aliphatic carbocycles. The number of rotatable bonds is 3. The summed E-state index contributed by atoms with van der Waals surface area (Å²) < 4.78 is 0.352. The number of carbonyl (C=O) groups is 2. The van der Waals surface area contributed by atoms with Gasteiger partial charge in [0.1, 0.15) is 5.69 Å². The molecular formula is C19H20BrN3O3. The average Bonchev–Trinajstić information content (AvgIpc) is 2.65. The quantitative estimate of drug-likeness (QED) is 0.804. The summed E-state index contributed by atoms with van der Waals surface area (Å²) in [7, 11) is 0. The molecule has 7 heteroatoms. The Morgan fingerprint density at radius 2 is 1.96 bits per heavy atom. The van der Waals surface area contributed by atoms with Crippen molar-refractivity contribution in [2.75, 3.05) is 18.4 Å². The van der Waals surface area contributed by atoms with Crippen LogP contribution in [0.2, 0.25) is 0 Å². The Balaban J connectivity index is 1.76. The van der Waals surface area contributed by atoms with Gasteiger partial charge in [-0.1, -0.05) is 18.2 Å². The van der Waals surface area contributed by atoms with Crippen LogP contribution >= 0.6 is 15.9 Å². The molecular weight excluding hydrogens is 398 g/mol. The van der Waals surface area contributed by atoms with E-state index in [-0.39, 0.29) is 22.9 Å². The number of hydrogen-bond donors (Lipinski definition) is 2. The van der Waals surface area contributed by atoms with E-state index in [1.165, 1.54) is 12.4 Å². The van der Waals surface area contributed by atoms with Crippen LogP contribution in [0.15, 0.2) is 52.0 Å². The van der Waals surface area contributed by atoms with E-state index >= 15 is 0 Å². The number of pyridine rings is 1. The van der Waals surface area contributed by atoms with Crippen molar-refractivity contribution in [3.05, 3.63) is 63.0 Å². The number of amides is 2. The lowest BCUT2D eigenvalue weighted by atomic mass is 9.80. The molecule has 0 bridgehead atoms. The van der Waals surface area contributed by atoms with Crippen LogP contribution in [-0.4, -0.2) is 34.8 Å². The van der Waals surface area contributed by atoms with E-state index in [0.717, 1.165) is 6.42 Å². The van der Waals surface area contributed by atoms with Gasteiger partial charge in [0.25, 0.3) is 5.91 Å². The van der Waals surface area contributed by atoms with Gasteiger partial charge in [-0.15, -0.1) is 0 Å². The van der Waals surface area contributed by atoms with Crippen molar-refractivity contribution in [1.29, 1.82) is 0 Å². The highest BCUT2D eigenvalue weighted by molar-refractivity contribution is 9.10. The van der Waals surface area contributed by atoms with Gasteiger partial charge in [-0.25, -0.2) is 0 Å². The molecule has 1 aromatic heterocycles. The molecule has 1 saturated heterocycles. The fourth-order valence-electron chi connectivity index (χ4n) is 3.19. The summed E-state index contributed by atoms with van der Waals surface area (Å²) in [5.74, 6) is -0.337. The van der Waals surface area contributed by atoms with Gasteiger partial charge < -0.3 is 15.2 Å². The van der Waals surface area contributed by atoms with E-state index in [1.54, 1.807) is 17.0 Å². The molecule has 1 fully saturated rings. The van der Waals surface area contributed by atoms with Crippen LogP contribution in [-0.2, 0) is 4.79 Å². The number of H-pyrrole nitrogens is 1. The van der Waals surface area contributed by atoms with Crippen molar-refractivity contribution in [3.63, 3.8) is 0 Å². The minimum Gasteiger partial charge on any atom is -0.365 e. The maximum atomic E-state index is 12.8. The fourth-order valence-corrected chi connectivity index (χ4v) is 3.53. The van der Waals surface area contributed by atoms with E-state index in [1.807, 2.05) is 25.1 Å². The van der Waals surface area contributed by atoms with Crippen molar-refractivity contribution >= 4 is 33.4 Å². The standard InChI is InChI=1S/C19H20BrN3O3/c1-19(18(26)22-15-11-21-10-14(20)16(15)24)8-5-9-23(12-19)17(25)13-6-3-2-4-7-13/h2-4,6-7,10-11H,5,8-9,12H2,1H3,(H,21,24)(H,22,26)/t19-/m0/s1. The second-order valence-electron chi connectivity index (χ2n) is 6.76. The SMILES string of the molecule is C[C@]1(C(=O)Nc2c[nH]cc(Br)c2=O)CCCN(C(=O)c2ccccc2)C1. The van der Waals surface area contributed by atoms with E-state index in [2.05, 4.69) is 26.2 Å².